The predicted octanol–water partition coefficient (Wildman–Crippen LogP) is 3.96. The van der Waals surface area contributed by atoms with Gasteiger partial charge in [-0.2, -0.15) is 0 Å². The van der Waals surface area contributed by atoms with Gasteiger partial charge in [-0.05, 0) is 46.2 Å². The predicted molar refractivity (Wildman–Crippen MR) is 91.8 cm³/mol. The van der Waals surface area contributed by atoms with Crippen LogP contribution in [0.25, 0.3) is 0 Å². The first kappa shape index (κ1) is 18.0. The zero-order chi connectivity index (χ0) is 16.2. The highest BCUT2D eigenvalue weighted by Gasteiger charge is 2.28. The Labute approximate surface area is 142 Å². The quantitative estimate of drug-likeness (QED) is 0.640. The molecule has 0 spiro atoms. The Morgan fingerprint density at radius 1 is 1.38 bits per heavy atom. The summed E-state index contributed by atoms with van der Waals surface area (Å²) in [4.78, 5) is 22.9. The number of hydrogen-bond acceptors (Lipinski definition) is 2. The minimum Gasteiger partial charge on any atom is -0.481 e. The number of carboxylic acid groups (broad SMARTS) is 1. The summed E-state index contributed by atoms with van der Waals surface area (Å²) in [5, 5.41) is 14.7. The number of anilines is 1. The van der Waals surface area contributed by atoms with Gasteiger partial charge in [0, 0.05) is 9.61 Å². The second-order valence-electron chi connectivity index (χ2n) is 5.74. The zero-order valence-electron chi connectivity index (χ0n) is 12.0. The van der Waals surface area contributed by atoms with E-state index >= 15 is 0 Å². The van der Waals surface area contributed by atoms with Gasteiger partial charge in [0.15, 0.2) is 0 Å². The fourth-order valence-corrected chi connectivity index (χ4v) is 2.56. The largest absolute Gasteiger partial charge is 0.481 e. The van der Waals surface area contributed by atoms with E-state index in [-0.39, 0.29) is 11.8 Å². The van der Waals surface area contributed by atoms with E-state index in [0.29, 0.717) is 10.7 Å². The lowest BCUT2D eigenvalue weighted by molar-refractivity contribution is -0.138. The van der Waals surface area contributed by atoms with E-state index in [1.807, 2.05) is 26.8 Å². The minimum absolute atomic E-state index is 0.142. The molecule has 21 heavy (non-hydrogen) atoms. The number of halogens is 2. The van der Waals surface area contributed by atoms with Crippen LogP contribution in [-0.2, 0) is 4.79 Å². The summed E-state index contributed by atoms with van der Waals surface area (Å²) in [7, 11) is 0. The molecule has 0 radical (unpaired) electrons. The molecule has 0 aliphatic carbocycles. The molecule has 5 nitrogen and oxygen atoms in total. The number of carbonyl (C=O) groups excluding carboxylic acids is 1. The average Bonchev–Trinajstić information content (AvgIpc) is 2.30. The van der Waals surface area contributed by atoms with Crippen LogP contribution < -0.4 is 10.6 Å². The molecule has 1 rings (SSSR count). The summed E-state index contributed by atoms with van der Waals surface area (Å²) in [5.41, 5.74) is 0.114. The Balaban J connectivity index is 2.76. The molecule has 0 aliphatic rings. The Bertz CT molecular complexity index is 544. The standard InChI is InChI=1S/C14H18ClIN2O3/c1-14(2,3)11(7-12(19)20)18-13(21)17-10-5-4-8(16)6-9(10)15/h4-6,11H,7H2,1-3H3,(H,19,20)(H2,17,18,21). The molecular formula is C14H18ClIN2O3. The van der Waals surface area contributed by atoms with E-state index in [1.165, 1.54) is 0 Å². The molecule has 2 amide bonds. The number of hydrogen-bond donors (Lipinski definition) is 3. The maximum absolute atomic E-state index is 12.0. The second-order valence-corrected chi connectivity index (χ2v) is 7.39. The number of nitrogens with one attached hydrogen (secondary N) is 2. The monoisotopic (exact) mass is 424 g/mol. The third-order valence-electron chi connectivity index (χ3n) is 2.91. The topological polar surface area (TPSA) is 78.4 Å². The summed E-state index contributed by atoms with van der Waals surface area (Å²) in [6.45, 7) is 5.62. The van der Waals surface area contributed by atoms with Gasteiger partial charge in [-0.15, -0.1) is 0 Å². The molecule has 1 aromatic carbocycles. The summed E-state index contributed by atoms with van der Waals surface area (Å²) in [6.07, 6.45) is -0.142. The summed E-state index contributed by atoms with van der Waals surface area (Å²) < 4.78 is 0.960. The van der Waals surface area contributed by atoms with Crippen molar-refractivity contribution in [2.45, 2.75) is 33.2 Å². The molecule has 0 fully saturated rings. The van der Waals surface area contributed by atoms with Crippen molar-refractivity contribution < 1.29 is 14.7 Å². The number of rotatable bonds is 4. The van der Waals surface area contributed by atoms with E-state index in [1.54, 1.807) is 12.1 Å². The van der Waals surface area contributed by atoms with Gasteiger partial charge in [-0.3, -0.25) is 4.79 Å². The van der Waals surface area contributed by atoms with Gasteiger partial charge in [0.2, 0.25) is 0 Å². The van der Waals surface area contributed by atoms with Gasteiger partial charge in [0.25, 0.3) is 0 Å². The van der Waals surface area contributed by atoms with Crippen LogP contribution >= 0.6 is 34.2 Å². The first-order valence-corrected chi connectivity index (χ1v) is 7.79. The highest BCUT2D eigenvalue weighted by molar-refractivity contribution is 14.1. The fraction of sp³-hybridized carbons (Fsp3) is 0.429. The van der Waals surface area contributed by atoms with Crippen LogP contribution in [-0.4, -0.2) is 23.1 Å². The van der Waals surface area contributed by atoms with E-state index in [2.05, 4.69) is 33.2 Å². The second kappa shape index (κ2) is 7.31. The van der Waals surface area contributed by atoms with Crippen molar-refractivity contribution in [3.63, 3.8) is 0 Å². The third-order valence-corrected chi connectivity index (χ3v) is 3.89. The van der Waals surface area contributed by atoms with Gasteiger partial charge in [-0.25, -0.2) is 4.79 Å². The van der Waals surface area contributed by atoms with Gasteiger partial charge in [-0.1, -0.05) is 32.4 Å². The Morgan fingerprint density at radius 2 is 2.00 bits per heavy atom. The molecule has 0 saturated heterocycles. The van der Waals surface area contributed by atoms with Crippen LogP contribution in [0.1, 0.15) is 27.2 Å². The molecule has 116 valence electrons. The zero-order valence-corrected chi connectivity index (χ0v) is 14.9. The average molecular weight is 425 g/mol. The van der Waals surface area contributed by atoms with Crippen LogP contribution in [0.4, 0.5) is 10.5 Å². The lowest BCUT2D eigenvalue weighted by atomic mass is 9.85. The van der Waals surface area contributed by atoms with Crippen molar-refractivity contribution in [2.24, 2.45) is 5.41 Å². The summed E-state index contributed by atoms with van der Waals surface area (Å²) >= 11 is 8.16. The number of carboxylic acids is 1. The van der Waals surface area contributed by atoms with Crippen LogP contribution in [0.3, 0.4) is 0 Å². The van der Waals surface area contributed by atoms with Crippen molar-refractivity contribution >= 4 is 51.9 Å². The Morgan fingerprint density at radius 3 is 2.48 bits per heavy atom. The molecule has 1 aromatic rings. The number of carbonyl (C=O) groups is 2. The van der Waals surface area contributed by atoms with Gasteiger partial charge < -0.3 is 15.7 Å². The van der Waals surface area contributed by atoms with Crippen molar-refractivity contribution in [2.75, 3.05) is 5.32 Å². The van der Waals surface area contributed by atoms with Crippen molar-refractivity contribution in [1.82, 2.24) is 5.32 Å². The van der Waals surface area contributed by atoms with E-state index < -0.39 is 18.0 Å². The molecular weight excluding hydrogens is 407 g/mol. The molecule has 0 heterocycles. The normalized spacial score (nSPS) is 12.6. The maximum atomic E-state index is 12.0. The minimum atomic E-state index is -0.956. The SMILES string of the molecule is CC(C)(C)C(CC(=O)O)NC(=O)Nc1ccc(I)cc1Cl. The first-order chi connectivity index (χ1) is 9.59. The third kappa shape index (κ3) is 6.09. The molecule has 3 N–H and O–H groups in total. The molecule has 0 aromatic heterocycles. The van der Waals surface area contributed by atoms with Crippen molar-refractivity contribution in [1.29, 1.82) is 0 Å². The number of benzene rings is 1. The Kier molecular flexibility index (Phi) is 6.27. The first-order valence-electron chi connectivity index (χ1n) is 6.34. The van der Waals surface area contributed by atoms with Gasteiger partial charge in [0.05, 0.1) is 17.1 Å². The number of aliphatic carboxylic acids is 1. The molecule has 0 saturated carbocycles. The lowest BCUT2D eigenvalue weighted by Crippen LogP contribution is -2.46. The molecule has 0 bridgehead atoms. The number of amides is 2. The van der Waals surface area contributed by atoms with Gasteiger partial charge in [0.1, 0.15) is 0 Å². The van der Waals surface area contributed by atoms with Crippen LogP contribution in [0, 0.1) is 8.99 Å². The van der Waals surface area contributed by atoms with Crippen molar-refractivity contribution in [3.05, 3.63) is 26.8 Å². The lowest BCUT2D eigenvalue weighted by Gasteiger charge is -2.30. The smallest absolute Gasteiger partial charge is 0.319 e. The molecule has 1 atom stereocenters. The van der Waals surface area contributed by atoms with Gasteiger partial charge >= 0.3 is 12.0 Å². The Hall–Kier alpha value is -1.02. The number of urea groups is 1. The molecule has 7 heteroatoms. The van der Waals surface area contributed by atoms with Crippen LogP contribution in [0.5, 0.6) is 0 Å². The van der Waals surface area contributed by atoms with E-state index in [4.69, 9.17) is 16.7 Å². The molecule has 0 aliphatic heterocycles. The van der Waals surface area contributed by atoms with Crippen LogP contribution in [0.2, 0.25) is 5.02 Å². The molecule has 1 unspecified atom stereocenters. The summed E-state index contributed by atoms with van der Waals surface area (Å²) in [5.74, 6) is -0.956. The van der Waals surface area contributed by atoms with Crippen molar-refractivity contribution in [3.8, 4) is 0 Å². The highest BCUT2D eigenvalue weighted by atomic mass is 127. The fourth-order valence-electron chi connectivity index (χ4n) is 1.66. The maximum Gasteiger partial charge on any atom is 0.319 e. The van der Waals surface area contributed by atoms with E-state index in [9.17, 15) is 9.59 Å². The summed E-state index contributed by atoms with van der Waals surface area (Å²) in [6, 6.07) is 4.29. The van der Waals surface area contributed by atoms with Crippen LogP contribution in [0.15, 0.2) is 18.2 Å². The highest BCUT2D eigenvalue weighted by Crippen LogP contribution is 2.25. The van der Waals surface area contributed by atoms with E-state index in [0.717, 1.165) is 3.57 Å².